The van der Waals surface area contributed by atoms with E-state index < -0.39 is 0 Å². The maximum Gasteiger partial charge on any atom is 0.0611 e. The molecular weight excluding hydrogens is 232 g/mol. The van der Waals surface area contributed by atoms with Crippen LogP contribution in [0.15, 0.2) is 0 Å². The Bertz CT molecular complexity index is 228. The van der Waals surface area contributed by atoms with E-state index in [-0.39, 0.29) is 12.1 Å². The summed E-state index contributed by atoms with van der Waals surface area (Å²) in [4.78, 5) is 2.42. The van der Waals surface area contributed by atoms with E-state index in [1.807, 2.05) is 0 Å². The van der Waals surface area contributed by atoms with Gasteiger partial charge in [-0.15, -0.1) is 0 Å². The molecule has 1 saturated carbocycles. The zero-order chi connectivity index (χ0) is 13.4. The van der Waals surface area contributed by atoms with Crippen LogP contribution in [0.5, 0.6) is 0 Å². The molecule has 1 aliphatic rings. The zero-order valence-electron chi connectivity index (χ0n) is 11.7. The number of methoxy groups -OCH3 is 2. The summed E-state index contributed by atoms with van der Waals surface area (Å²) in [6, 6.07) is 0.467. The molecule has 108 valence electrons. The van der Waals surface area contributed by atoms with Crippen LogP contribution in [0.3, 0.4) is 0 Å². The largest absolute Gasteiger partial charge is 0.394 e. The minimum Gasteiger partial charge on any atom is -0.394 e. The van der Waals surface area contributed by atoms with E-state index in [0.29, 0.717) is 6.04 Å². The van der Waals surface area contributed by atoms with Crippen molar-refractivity contribution in [3.05, 3.63) is 0 Å². The SMILES string of the molecule is COCCCN(CCOC)C1CCC(N)(CO)C1. The first-order valence-electron chi connectivity index (χ1n) is 6.77. The molecule has 0 aromatic carbocycles. The van der Waals surface area contributed by atoms with Gasteiger partial charge in [-0.3, -0.25) is 4.90 Å². The van der Waals surface area contributed by atoms with E-state index in [2.05, 4.69) is 4.90 Å². The number of nitrogens with two attached hydrogens (primary N) is 1. The highest BCUT2D eigenvalue weighted by atomic mass is 16.5. The molecule has 1 aliphatic carbocycles. The van der Waals surface area contributed by atoms with Gasteiger partial charge in [-0.25, -0.2) is 0 Å². The Labute approximate surface area is 110 Å². The molecule has 5 nitrogen and oxygen atoms in total. The summed E-state index contributed by atoms with van der Waals surface area (Å²) in [6.45, 7) is 3.53. The molecule has 0 aromatic rings. The van der Waals surface area contributed by atoms with Crippen LogP contribution < -0.4 is 5.73 Å². The van der Waals surface area contributed by atoms with Gasteiger partial charge in [0.15, 0.2) is 0 Å². The molecule has 0 aromatic heterocycles. The third-order valence-electron chi connectivity index (χ3n) is 3.83. The maximum absolute atomic E-state index is 9.33. The molecular formula is C13H28N2O3. The van der Waals surface area contributed by atoms with Gasteiger partial charge in [-0.2, -0.15) is 0 Å². The number of aliphatic hydroxyl groups excluding tert-OH is 1. The van der Waals surface area contributed by atoms with Crippen molar-refractivity contribution in [2.45, 2.75) is 37.3 Å². The van der Waals surface area contributed by atoms with Crippen LogP contribution in [0, 0.1) is 0 Å². The quantitative estimate of drug-likeness (QED) is 0.580. The summed E-state index contributed by atoms with van der Waals surface area (Å²) in [6.07, 6.45) is 3.86. The van der Waals surface area contributed by atoms with Gasteiger partial charge in [-0.05, 0) is 25.7 Å². The van der Waals surface area contributed by atoms with Crippen LogP contribution in [0.1, 0.15) is 25.7 Å². The Morgan fingerprint density at radius 2 is 2.00 bits per heavy atom. The van der Waals surface area contributed by atoms with Crippen molar-refractivity contribution in [3.63, 3.8) is 0 Å². The van der Waals surface area contributed by atoms with Crippen molar-refractivity contribution in [2.75, 3.05) is 47.1 Å². The highest BCUT2D eigenvalue weighted by Crippen LogP contribution is 2.30. The molecule has 2 unspecified atom stereocenters. The average Bonchev–Trinajstić information content (AvgIpc) is 2.77. The highest BCUT2D eigenvalue weighted by molar-refractivity contribution is 4.96. The predicted molar refractivity (Wildman–Crippen MR) is 71.6 cm³/mol. The third-order valence-corrected chi connectivity index (χ3v) is 3.83. The van der Waals surface area contributed by atoms with Gasteiger partial charge < -0.3 is 20.3 Å². The van der Waals surface area contributed by atoms with Crippen LogP contribution in [-0.2, 0) is 9.47 Å². The number of aliphatic hydroxyl groups is 1. The summed E-state index contributed by atoms with van der Waals surface area (Å²) in [5, 5.41) is 9.33. The fourth-order valence-electron chi connectivity index (χ4n) is 2.68. The molecule has 5 heteroatoms. The number of nitrogens with zero attached hydrogens (tertiary/aromatic N) is 1. The summed E-state index contributed by atoms with van der Waals surface area (Å²) in [5.41, 5.74) is 5.76. The number of hydrogen-bond donors (Lipinski definition) is 2. The number of rotatable bonds is 9. The molecule has 0 aliphatic heterocycles. The van der Waals surface area contributed by atoms with Gasteiger partial charge in [0.25, 0.3) is 0 Å². The van der Waals surface area contributed by atoms with Gasteiger partial charge in [0.05, 0.1) is 13.2 Å². The van der Waals surface area contributed by atoms with E-state index in [4.69, 9.17) is 15.2 Å². The highest BCUT2D eigenvalue weighted by Gasteiger charge is 2.37. The second-order valence-electron chi connectivity index (χ2n) is 5.29. The molecule has 18 heavy (non-hydrogen) atoms. The zero-order valence-corrected chi connectivity index (χ0v) is 11.7. The molecule has 2 atom stereocenters. The molecule has 1 rings (SSSR count). The van der Waals surface area contributed by atoms with Crippen molar-refractivity contribution < 1.29 is 14.6 Å². The average molecular weight is 260 g/mol. The summed E-state index contributed by atoms with van der Waals surface area (Å²) in [5.74, 6) is 0. The lowest BCUT2D eigenvalue weighted by Crippen LogP contribution is -2.44. The van der Waals surface area contributed by atoms with Gasteiger partial charge >= 0.3 is 0 Å². The smallest absolute Gasteiger partial charge is 0.0611 e. The second-order valence-corrected chi connectivity index (χ2v) is 5.29. The maximum atomic E-state index is 9.33. The fourth-order valence-corrected chi connectivity index (χ4v) is 2.68. The monoisotopic (exact) mass is 260 g/mol. The molecule has 3 N–H and O–H groups in total. The van der Waals surface area contributed by atoms with Gasteiger partial charge in [0, 0.05) is 45.5 Å². The van der Waals surface area contributed by atoms with Gasteiger partial charge in [-0.1, -0.05) is 0 Å². The standard InChI is InChI=1S/C13H28N2O3/c1-17-8-3-6-15(7-9-18-2)12-4-5-13(14,10-12)11-16/h12,16H,3-11,14H2,1-2H3. The fraction of sp³-hybridized carbons (Fsp3) is 1.00. The molecule has 1 fully saturated rings. The van der Waals surface area contributed by atoms with E-state index in [1.165, 1.54) is 0 Å². The van der Waals surface area contributed by atoms with E-state index in [1.54, 1.807) is 14.2 Å². The van der Waals surface area contributed by atoms with Crippen LogP contribution in [-0.4, -0.2) is 68.7 Å². The molecule has 0 amide bonds. The van der Waals surface area contributed by atoms with Crippen molar-refractivity contribution in [2.24, 2.45) is 5.73 Å². The van der Waals surface area contributed by atoms with Crippen molar-refractivity contribution >= 4 is 0 Å². The van der Waals surface area contributed by atoms with Crippen LogP contribution in [0.25, 0.3) is 0 Å². The van der Waals surface area contributed by atoms with E-state index in [0.717, 1.165) is 52.0 Å². The Balaban J connectivity index is 2.44. The first-order valence-corrected chi connectivity index (χ1v) is 6.77. The van der Waals surface area contributed by atoms with Crippen molar-refractivity contribution in [3.8, 4) is 0 Å². The topological polar surface area (TPSA) is 68.0 Å². The van der Waals surface area contributed by atoms with Gasteiger partial charge in [0.1, 0.15) is 0 Å². The number of ether oxygens (including phenoxy) is 2. The van der Waals surface area contributed by atoms with Crippen molar-refractivity contribution in [1.29, 1.82) is 0 Å². The Hall–Kier alpha value is -0.200. The van der Waals surface area contributed by atoms with Crippen LogP contribution in [0.4, 0.5) is 0 Å². The molecule has 0 radical (unpaired) electrons. The first-order chi connectivity index (χ1) is 8.65. The normalized spacial score (nSPS) is 28.2. The Morgan fingerprint density at radius 1 is 1.28 bits per heavy atom. The summed E-state index contributed by atoms with van der Waals surface area (Å²) in [7, 11) is 3.45. The number of hydrogen-bond acceptors (Lipinski definition) is 5. The third kappa shape index (κ3) is 4.82. The Morgan fingerprint density at radius 3 is 2.56 bits per heavy atom. The molecule has 0 heterocycles. The summed E-state index contributed by atoms with van der Waals surface area (Å²) >= 11 is 0. The lowest BCUT2D eigenvalue weighted by molar-refractivity contribution is 0.102. The lowest BCUT2D eigenvalue weighted by atomic mass is 10.0. The lowest BCUT2D eigenvalue weighted by Gasteiger charge is -2.30. The summed E-state index contributed by atoms with van der Waals surface area (Å²) < 4.78 is 10.3. The van der Waals surface area contributed by atoms with Crippen LogP contribution >= 0.6 is 0 Å². The minimum atomic E-state index is -0.378. The molecule has 0 spiro atoms. The van der Waals surface area contributed by atoms with E-state index >= 15 is 0 Å². The second kappa shape index (κ2) is 8.07. The van der Waals surface area contributed by atoms with Crippen molar-refractivity contribution in [1.82, 2.24) is 4.90 Å². The minimum absolute atomic E-state index is 0.0830. The first kappa shape index (κ1) is 15.9. The van der Waals surface area contributed by atoms with Gasteiger partial charge in [0.2, 0.25) is 0 Å². The molecule has 0 saturated heterocycles. The molecule has 0 bridgehead atoms. The predicted octanol–water partition coefficient (Wildman–Crippen LogP) is 0.214. The van der Waals surface area contributed by atoms with Crippen LogP contribution in [0.2, 0.25) is 0 Å². The van der Waals surface area contributed by atoms with E-state index in [9.17, 15) is 5.11 Å². The Kier molecular flexibility index (Phi) is 7.11.